The summed E-state index contributed by atoms with van der Waals surface area (Å²) in [4.78, 5) is 10.3. The summed E-state index contributed by atoms with van der Waals surface area (Å²) >= 11 is 0. The van der Waals surface area contributed by atoms with Gasteiger partial charge in [0.1, 0.15) is 5.82 Å². The van der Waals surface area contributed by atoms with Crippen LogP contribution in [-0.2, 0) is 0 Å². The third-order valence-corrected chi connectivity index (χ3v) is 1.81. The highest BCUT2D eigenvalue weighted by molar-refractivity contribution is 6.18. The third-order valence-electron chi connectivity index (χ3n) is 1.81. The van der Waals surface area contributed by atoms with Gasteiger partial charge in [-0.1, -0.05) is 0 Å². The maximum atomic E-state index is 8.43. The largest absolute Gasteiger partial charge is 0.346 e. The van der Waals surface area contributed by atoms with Crippen LogP contribution in [-0.4, -0.2) is 17.0 Å². The van der Waals surface area contributed by atoms with Crippen LogP contribution in [0.3, 0.4) is 0 Å². The highest BCUT2D eigenvalue weighted by Gasteiger charge is 2.18. The molecule has 6 heteroatoms. The van der Waals surface area contributed by atoms with E-state index in [1.807, 2.05) is 0 Å². The Hall–Kier alpha value is -2.60. The van der Waals surface area contributed by atoms with Crippen LogP contribution < -0.4 is 5.32 Å². The fourth-order valence-electron chi connectivity index (χ4n) is 1.24. The molecule has 66 valence electrons. The van der Waals surface area contributed by atoms with E-state index in [1.165, 1.54) is 0 Å². The molecule has 1 aliphatic heterocycles. The second kappa shape index (κ2) is 3.04. The molecule has 2 heterocycles. The Labute approximate surface area is 79.2 Å². The van der Waals surface area contributed by atoms with Crippen LogP contribution in [0.5, 0.6) is 0 Å². The van der Waals surface area contributed by atoms with Crippen molar-refractivity contribution in [3.8, 4) is 12.4 Å². The first-order valence-corrected chi connectivity index (χ1v) is 3.74. The molecule has 0 spiro atoms. The second-order valence-corrected chi connectivity index (χ2v) is 2.52. The number of nitrogens with one attached hydrogen (secondary N) is 2. The van der Waals surface area contributed by atoms with Crippen molar-refractivity contribution in [2.75, 3.05) is 5.32 Å². The highest BCUT2D eigenvalue weighted by Crippen LogP contribution is 2.22. The Balaban J connectivity index is 2.47. The van der Waals surface area contributed by atoms with Crippen LogP contribution in [0, 0.1) is 22.9 Å². The molecule has 0 saturated carbocycles. The molecule has 6 nitrogen and oxygen atoms in total. The van der Waals surface area contributed by atoms with Gasteiger partial charge in [-0.25, -0.2) is 4.99 Å². The van der Waals surface area contributed by atoms with Crippen molar-refractivity contribution in [3.05, 3.63) is 17.3 Å². The molecule has 0 amide bonds. The smallest absolute Gasteiger partial charge is 0.207 e. The summed E-state index contributed by atoms with van der Waals surface area (Å²) in [6.07, 6.45) is 6.67. The van der Waals surface area contributed by atoms with Gasteiger partial charge >= 0.3 is 0 Å². The zero-order valence-electron chi connectivity index (χ0n) is 6.94. The molecule has 0 aromatic carbocycles. The van der Waals surface area contributed by atoms with Crippen LogP contribution in [0.25, 0.3) is 0 Å². The molecule has 1 aromatic rings. The molecule has 0 aliphatic carbocycles. The van der Waals surface area contributed by atoms with Crippen molar-refractivity contribution in [3.63, 3.8) is 0 Å². The number of aromatic amines is 1. The Morgan fingerprint density at radius 2 is 2.36 bits per heavy atom. The number of aliphatic imine (C=N–C) groups is 2. The predicted octanol–water partition coefficient (Wildman–Crippen LogP) is 0.568. The van der Waals surface area contributed by atoms with Crippen molar-refractivity contribution in [1.29, 1.82) is 10.5 Å². The standard InChI is InChI=1S/C8H4N6/c9-3-13-7-5-1-11-8(14-4-10)6(5)2-12-7/h1-2,11,14H. The van der Waals surface area contributed by atoms with Crippen LogP contribution in [0.4, 0.5) is 5.82 Å². The molecule has 0 atom stereocenters. The van der Waals surface area contributed by atoms with E-state index in [-0.39, 0.29) is 0 Å². The number of H-pyrrole nitrogens is 1. The molecule has 14 heavy (non-hydrogen) atoms. The van der Waals surface area contributed by atoms with E-state index in [2.05, 4.69) is 20.3 Å². The third kappa shape index (κ3) is 1.03. The van der Waals surface area contributed by atoms with Gasteiger partial charge in [0.2, 0.25) is 6.19 Å². The minimum Gasteiger partial charge on any atom is -0.346 e. The topological polar surface area (TPSA) is 100 Å². The number of nitriles is 2. The molecule has 2 rings (SSSR count). The minimum atomic E-state index is 0.365. The van der Waals surface area contributed by atoms with E-state index in [0.717, 1.165) is 11.1 Å². The predicted molar refractivity (Wildman–Crippen MR) is 49.8 cm³/mol. The normalized spacial score (nSPS) is 14.9. The Morgan fingerprint density at radius 1 is 1.50 bits per heavy atom. The number of aromatic nitrogens is 1. The molecule has 0 unspecified atom stereocenters. The molecule has 2 N–H and O–H groups in total. The first-order valence-electron chi connectivity index (χ1n) is 3.74. The van der Waals surface area contributed by atoms with E-state index in [4.69, 9.17) is 10.5 Å². The highest BCUT2D eigenvalue weighted by atomic mass is 15.0. The lowest BCUT2D eigenvalue weighted by Gasteiger charge is -1.91. The van der Waals surface area contributed by atoms with Crippen LogP contribution >= 0.6 is 0 Å². The summed E-state index contributed by atoms with van der Waals surface area (Å²) < 4.78 is 0. The van der Waals surface area contributed by atoms with Crippen LogP contribution in [0.2, 0.25) is 0 Å². The quantitative estimate of drug-likeness (QED) is 0.492. The van der Waals surface area contributed by atoms with Gasteiger partial charge in [-0.15, -0.1) is 0 Å². The van der Waals surface area contributed by atoms with Gasteiger partial charge < -0.3 is 4.98 Å². The zero-order chi connectivity index (χ0) is 9.97. The van der Waals surface area contributed by atoms with Crippen molar-refractivity contribution >= 4 is 17.9 Å². The van der Waals surface area contributed by atoms with Gasteiger partial charge in [-0.05, 0) is 0 Å². The number of fused-ring (bicyclic) bond motifs is 1. The summed E-state index contributed by atoms with van der Waals surface area (Å²) in [7, 11) is 0. The molecule has 0 radical (unpaired) electrons. The molecule has 1 aromatic heterocycles. The Kier molecular flexibility index (Phi) is 1.74. The van der Waals surface area contributed by atoms with Gasteiger partial charge in [0.25, 0.3) is 0 Å². The van der Waals surface area contributed by atoms with Gasteiger partial charge in [-0.3, -0.25) is 5.32 Å². The maximum absolute atomic E-state index is 8.43. The van der Waals surface area contributed by atoms with Crippen LogP contribution in [0.1, 0.15) is 11.1 Å². The minimum absolute atomic E-state index is 0.365. The van der Waals surface area contributed by atoms with Crippen molar-refractivity contribution in [2.24, 2.45) is 9.98 Å². The molecule has 1 aliphatic rings. The van der Waals surface area contributed by atoms with Gasteiger partial charge in [0, 0.05) is 23.5 Å². The molecular formula is C8H4N6. The number of hydrogen-bond donors (Lipinski definition) is 2. The van der Waals surface area contributed by atoms with Gasteiger partial charge in [0.05, 0.1) is 0 Å². The molecule has 0 saturated heterocycles. The van der Waals surface area contributed by atoms with Crippen molar-refractivity contribution < 1.29 is 0 Å². The van der Waals surface area contributed by atoms with E-state index in [9.17, 15) is 0 Å². The summed E-state index contributed by atoms with van der Waals surface area (Å²) in [5, 5.41) is 19.3. The molecule has 0 bridgehead atoms. The fourth-order valence-corrected chi connectivity index (χ4v) is 1.24. The van der Waals surface area contributed by atoms with E-state index in [0.29, 0.717) is 11.7 Å². The monoisotopic (exact) mass is 184 g/mol. The number of anilines is 1. The molecule has 0 fully saturated rings. The van der Waals surface area contributed by atoms with Crippen molar-refractivity contribution in [1.82, 2.24) is 4.98 Å². The lowest BCUT2D eigenvalue weighted by atomic mass is 10.2. The molecular weight excluding hydrogens is 180 g/mol. The number of hydrogen-bond acceptors (Lipinski definition) is 4. The van der Waals surface area contributed by atoms with E-state index in [1.54, 1.807) is 24.8 Å². The first kappa shape index (κ1) is 8.02. The summed E-state index contributed by atoms with van der Waals surface area (Å²) in [5.41, 5.74) is 1.48. The lowest BCUT2D eigenvalue weighted by Crippen LogP contribution is -1.91. The number of nitrogens with zero attached hydrogens (tertiary/aromatic N) is 4. The van der Waals surface area contributed by atoms with Gasteiger partial charge in [0.15, 0.2) is 12.0 Å². The number of amidine groups is 1. The number of rotatable bonds is 1. The van der Waals surface area contributed by atoms with Crippen LogP contribution in [0.15, 0.2) is 16.2 Å². The van der Waals surface area contributed by atoms with E-state index < -0.39 is 0 Å². The summed E-state index contributed by atoms with van der Waals surface area (Å²) in [6, 6.07) is 0. The second-order valence-electron chi connectivity index (χ2n) is 2.52. The lowest BCUT2D eigenvalue weighted by molar-refractivity contribution is 1.36. The fraction of sp³-hybridized carbons (Fsp3) is 0. The zero-order valence-corrected chi connectivity index (χ0v) is 6.94. The Morgan fingerprint density at radius 3 is 3.07 bits per heavy atom. The average molecular weight is 184 g/mol. The SMILES string of the molecule is N#CN=C1N=Cc2c1c[nH]c2NC#N. The maximum Gasteiger partial charge on any atom is 0.207 e. The van der Waals surface area contributed by atoms with Gasteiger partial charge in [-0.2, -0.15) is 15.5 Å². The summed E-state index contributed by atoms with van der Waals surface area (Å²) in [5.74, 6) is 0.930. The first-order chi connectivity index (χ1) is 6.86. The average Bonchev–Trinajstić information content (AvgIpc) is 2.72. The van der Waals surface area contributed by atoms with E-state index >= 15 is 0 Å². The Bertz CT molecular complexity index is 507. The summed E-state index contributed by atoms with van der Waals surface area (Å²) in [6.45, 7) is 0. The van der Waals surface area contributed by atoms with Crippen molar-refractivity contribution in [2.45, 2.75) is 0 Å².